The van der Waals surface area contributed by atoms with Crippen LogP contribution in [0.1, 0.15) is 75.5 Å². The molecule has 3 N–H and O–H groups in total. The van der Waals surface area contributed by atoms with Crippen LogP contribution in [0.25, 0.3) is 11.1 Å². The molecule has 1 aliphatic rings. The molecule has 0 radical (unpaired) electrons. The van der Waals surface area contributed by atoms with Crippen molar-refractivity contribution in [2.45, 2.75) is 65.0 Å². The van der Waals surface area contributed by atoms with Gasteiger partial charge in [-0.15, -0.1) is 0 Å². The Kier molecular flexibility index (Phi) is 7.36. The summed E-state index contributed by atoms with van der Waals surface area (Å²) in [5, 5.41) is 15.3. The molecule has 0 spiro atoms. The Bertz CT molecular complexity index is 1040. The molecule has 8 heteroatoms. The summed E-state index contributed by atoms with van der Waals surface area (Å²) in [6.07, 6.45) is 4.04. The number of carbonyl (C=O) groups excluding carboxylic acids is 2. The average molecular weight is 454 g/mol. The first-order valence-corrected chi connectivity index (χ1v) is 11.2. The molecule has 2 amide bonds. The van der Waals surface area contributed by atoms with Crippen molar-refractivity contribution in [1.82, 2.24) is 10.3 Å². The number of rotatable bonds is 2. The zero-order valence-electron chi connectivity index (χ0n) is 19.5. The largest absolute Gasteiger partial charge is 0.478 e. The Hall–Kier alpha value is -3.42. The highest BCUT2D eigenvalue weighted by atomic mass is 16.6. The number of carboxylic acid groups (broad SMARTS) is 1. The van der Waals surface area contributed by atoms with Gasteiger partial charge in [-0.1, -0.05) is 25.8 Å². The Labute approximate surface area is 193 Å². The van der Waals surface area contributed by atoms with Gasteiger partial charge in [0.2, 0.25) is 5.91 Å². The summed E-state index contributed by atoms with van der Waals surface area (Å²) in [7, 11) is 0. The predicted octanol–water partition coefficient (Wildman–Crippen LogP) is 5.16. The SMILES string of the molecule is C[C@@H]1CCCC[C@H](NC(=O)OC(C)(C)C)c2cc(ccn2)-c2ccc(C(=O)O)cc2NC1=O. The van der Waals surface area contributed by atoms with Crippen molar-refractivity contribution in [2.24, 2.45) is 5.92 Å². The van der Waals surface area contributed by atoms with Gasteiger partial charge in [0, 0.05) is 23.4 Å². The number of alkyl carbamates (subject to hydrolysis) is 1. The zero-order chi connectivity index (χ0) is 24.2. The number of anilines is 1. The third kappa shape index (κ3) is 6.54. The first kappa shape index (κ1) is 24.2. The topological polar surface area (TPSA) is 118 Å². The highest BCUT2D eigenvalue weighted by Gasteiger charge is 2.23. The van der Waals surface area contributed by atoms with Crippen LogP contribution in [-0.4, -0.2) is 33.7 Å². The molecular weight excluding hydrogens is 422 g/mol. The van der Waals surface area contributed by atoms with Crippen molar-refractivity contribution in [3.63, 3.8) is 0 Å². The lowest BCUT2D eigenvalue weighted by Crippen LogP contribution is -2.35. The number of aromatic nitrogens is 1. The monoisotopic (exact) mass is 453 g/mol. The van der Waals surface area contributed by atoms with Crippen LogP contribution < -0.4 is 10.6 Å². The van der Waals surface area contributed by atoms with Gasteiger partial charge < -0.3 is 20.5 Å². The number of nitrogens with zero attached hydrogens (tertiary/aromatic N) is 1. The van der Waals surface area contributed by atoms with E-state index >= 15 is 0 Å². The van der Waals surface area contributed by atoms with Gasteiger partial charge in [-0.2, -0.15) is 0 Å². The Morgan fingerprint density at radius 1 is 1.15 bits per heavy atom. The molecule has 1 aliphatic heterocycles. The molecule has 33 heavy (non-hydrogen) atoms. The minimum Gasteiger partial charge on any atom is -0.478 e. The van der Waals surface area contributed by atoms with Crippen LogP contribution >= 0.6 is 0 Å². The van der Waals surface area contributed by atoms with Crippen LogP contribution in [0.5, 0.6) is 0 Å². The molecule has 2 atom stereocenters. The number of carbonyl (C=O) groups is 3. The summed E-state index contributed by atoms with van der Waals surface area (Å²) in [4.78, 5) is 41.2. The number of ether oxygens (including phenoxy) is 1. The second-order valence-corrected chi connectivity index (χ2v) is 9.41. The number of aromatic carboxylic acids is 1. The lowest BCUT2D eigenvalue weighted by atomic mass is 9.98. The zero-order valence-corrected chi connectivity index (χ0v) is 19.5. The number of hydrogen-bond acceptors (Lipinski definition) is 5. The maximum atomic E-state index is 12.8. The number of carboxylic acids is 1. The summed E-state index contributed by atoms with van der Waals surface area (Å²) in [6, 6.07) is 7.95. The molecule has 3 rings (SSSR count). The summed E-state index contributed by atoms with van der Waals surface area (Å²) in [5.41, 5.74) is 2.01. The van der Waals surface area contributed by atoms with Gasteiger partial charge in [-0.25, -0.2) is 9.59 Å². The maximum absolute atomic E-state index is 12.8. The average Bonchev–Trinajstić information content (AvgIpc) is 2.74. The van der Waals surface area contributed by atoms with Crippen molar-refractivity contribution >= 4 is 23.7 Å². The molecule has 0 saturated heterocycles. The van der Waals surface area contributed by atoms with Crippen molar-refractivity contribution < 1.29 is 24.2 Å². The van der Waals surface area contributed by atoms with E-state index in [1.807, 2.05) is 33.8 Å². The summed E-state index contributed by atoms with van der Waals surface area (Å²) >= 11 is 0. The van der Waals surface area contributed by atoms with E-state index in [4.69, 9.17) is 4.74 Å². The lowest BCUT2D eigenvalue weighted by Gasteiger charge is -2.24. The van der Waals surface area contributed by atoms with Gasteiger partial charge in [0.25, 0.3) is 0 Å². The summed E-state index contributed by atoms with van der Waals surface area (Å²) < 4.78 is 5.44. The number of benzene rings is 1. The molecule has 2 aromatic rings. The molecule has 0 saturated carbocycles. The maximum Gasteiger partial charge on any atom is 0.408 e. The second kappa shape index (κ2) is 10.0. The summed E-state index contributed by atoms with van der Waals surface area (Å²) in [5.74, 6) is -1.47. The standard InChI is InChI=1S/C25H31N3O5/c1-15-7-5-6-8-19(28-24(32)33-25(2,3)4)21-13-16(11-12-26-21)18-10-9-17(23(30)31)14-20(18)27-22(15)29/h9-15,19H,5-8H2,1-4H3,(H,27,29)(H,28,32)(H,30,31)/t15-,19+/m1/s1. The minimum absolute atomic E-state index is 0.0877. The molecule has 2 bridgehead atoms. The van der Waals surface area contributed by atoms with Crippen LogP contribution in [0.3, 0.4) is 0 Å². The number of nitrogens with one attached hydrogen (secondary N) is 2. The number of fused-ring (bicyclic) bond motifs is 4. The molecule has 2 heterocycles. The predicted molar refractivity (Wildman–Crippen MR) is 125 cm³/mol. The molecule has 176 valence electrons. The van der Waals surface area contributed by atoms with E-state index in [9.17, 15) is 19.5 Å². The minimum atomic E-state index is -1.07. The quantitative estimate of drug-likeness (QED) is 0.578. The van der Waals surface area contributed by atoms with Crippen LogP contribution in [0.2, 0.25) is 0 Å². The first-order valence-electron chi connectivity index (χ1n) is 11.2. The van der Waals surface area contributed by atoms with Crippen LogP contribution in [0.15, 0.2) is 36.5 Å². The Balaban J connectivity index is 2.03. The van der Waals surface area contributed by atoms with E-state index in [2.05, 4.69) is 15.6 Å². The van der Waals surface area contributed by atoms with Gasteiger partial charge in [0.1, 0.15) is 5.60 Å². The molecule has 1 aromatic carbocycles. The number of amides is 2. The van der Waals surface area contributed by atoms with Crippen molar-refractivity contribution in [3.8, 4) is 11.1 Å². The van der Waals surface area contributed by atoms with Gasteiger partial charge >= 0.3 is 12.1 Å². The van der Waals surface area contributed by atoms with E-state index < -0.39 is 17.7 Å². The van der Waals surface area contributed by atoms with E-state index in [0.29, 0.717) is 29.8 Å². The molecule has 0 fully saturated rings. The molecular formula is C25H31N3O5. The third-order valence-electron chi connectivity index (χ3n) is 5.49. The van der Waals surface area contributed by atoms with E-state index in [0.717, 1.165) is 18.4 Å². The highest BCUT2D eigenvalue weighted by Crippen LogP contribution is 2.32. The molecule has 8 nitrogen and oxygen atoms in total. The van der Waals surface area contributed by atoms with Crippen LogP contribution in [0, 0.1) is 5.92 Å². The fraction of sp³-hybridized carbons (Fsp3) is 0.440. The van der Waals surface area contributed by atoms with Crippen molar-refractivity contribution in [1.29, 1.82) is 0 Å². The van der Waals surface area contributed by atoms with Crippen molar-refractivity contribution in [2.75, 3.05) is 5.32 Å². The number of hydrogen-bond donors (Lipinski definition) is 3. The first-order chi connectivity index (χ1) is 15.5. The lowest BCUT2D eigenvalue weighted by molar-refractivity contribution is -0.119. The smallest absolute Gasteiger partial charge is 0.408 e. The normalized spacial score (nSPS) is 19.1. The van der Waals surface area contributed by atoms with Crippen LogP contribution in [0.4, 0.5) is 10.5 Å². The molecule has 0 unspecified atom stereocenters. The fourth-order valence-corrected chi connectivity index (χ4v) is 3.77. The van der Waals surface area contributed by atoms with E-state index in [1.165, 1.54) is 12.1 Å². The molecule has 1 aromatic heterocycles. The van der Waals surface area contributed by atoms with Crippen LogP contribution in [-0.2, 0) is 9.53 Å². The van der Waals surface area contributed by atoms with E-state index in [1.54, 1.807) is 18.3 Å². The van der Waals surface area contributed by atoms with Gasteiger partial charge in [0.15, 0.2) is 0 Å². The Morgan fingerprint density at radius 2 is 1.88 bits per heavy atom. The number of pyridine rings is 1. The third-order valence-corrected chi connectivity index (χ3v) is 5.49. The fourth-order valence-electron chi connectivity index (χ4n) is 3.77. The van der Waals surface area contributed by atoms with Gasteiger partial charge in [0.05, 0.1) is 17.3 Å². The van der Waals surface area contributed by atoms with Crippen molar-refractivity contribution in [3.05, 3.63) is 47.8 Å². The van der Waals surface area contributed by atoms with Gasteiger partial charge in [-0.05, 0) is 63.4 Å². The highest BCUT2D eigenvalue weighted by molar-refractivity contribution is 5.99. The van der Waals surface area contributed by atoms with Gasteiger partial charge in [-0.3, -0.25) is 9.78 Å². The van der Waals surface area contributed by atoms with E-state index in [-0.39, 0.29) is 23.4 Å². The molecule has 0 aliphatic carbocycles. The summed E-state index contributed by atoms with van der Waals surface area (Å²) in [6.45, 7) is 7.28. The Morgan fingerprint density at radius 3 is 2.58 bits per heavy atom. The second-order valence-electron chi connectivity index (χ2n) is 9.41.